The predicted octanol–water partition coefficient (Wildman–Crippen LogP) is 1.55. The van der Waals surface area contributed by atoms with Crippen molar-refractivity contribution in [2.24, 2.45) is 0 Å². The van der Waals surface area contributed by atoms with E-state index in [0.29, 0.717) is 0 Å². The van der Waals surface area contributed by atoms with Gasteiger partial charge in [-0.1, -0.05) is 0 Å². The number of pyridine rings is 1. The molecule has 5 heteroatoms. The fourth-order valence-electron chi connectivity index (χ4n) is 1.17. The average molecular weight is 217 g/mol. The van der Waals surface area contributed by atoms with Crippen LogP contribution < -0.4 is 0 Å². The van der Waals surface area contributed by atoms with E-state index in [0.717, 1.165) is 17.8 Å². The van der Waals surface area contributed by atoms with Gasteiger partial charge in [0.25, 0.3) is 0 Å². The summed E-state index contributed by atoms with van der Waals surface area (Å²) in [5, 5.41) is 0. The van der Waals surface area contributed by atoms with Gasteiger partial charge in [-0.15, -0.1) is 0 Å². The Hall–Kier alpha value is -2.17. The Bertz CT molecular complexity index is 525. The minimum atomic E-state index is -0.557. The van der Waals surface area contributed by atoms with Crippen molar-refractivity contribution < 1.29 is 9.18 Å². The number of aromatic nitrogens is 3. The molecule has 16 heavy (non-hydrogen) atoms. The number of carbonyl (C=O) groups excluding carboxylic acids is 1. The lowest BCUT2D eigenvalue weighted by Gasteiger charge is -1.99. The van der Waals surface area contributed by atoms with Gasteiger partial charge in [0.15, 0.2) is 0 Å². The van der Waals surface area contributed by atoms with Crippen LogP contribution in [0.3, 0.4) is 0 Å². The summed E-state index contributed by atoms with van der Waals surface area (Å²) in [5.74, 6) is -0.956. The average Bonchev–Trinajstić information content (AvgIpc) is 2.29. The Morgan fingerprint density at radius 1 is 1.19 bits per heavy atom. The number of carbonyl (C=O) groups is 1. The molecule has 0 saturated carbocycles. The van der Waals surface area contributed by atoms with Gasteiger partial charge in [0.05, 0.1) is 6.20 Å². The molecule has 0 N–H and O–H groups in total. The molecule has 0 bridgehead atoms. The molecule has 2 aromatic rings. The van der Waals surface area contributed by atoms with Crippen LogP contribution in [0.5, 0.6) is 0 Å². The van der Waals surface area contributed by atoms with Crippen molar-refractivity contribution in [1.82, 2.24) is 15.0 Å². The molecule has 0 fully saturated rings. The Balaban J connectivity index is 2.35. The summed E-state index contributed by atoms with van der Waals surface area (Å²) in [5.41, 5.74) is 0.998. The summed E-state index contributed by atoms with van der Waals surface area (Å²) in [6.45, 7) is 1.82. The van der Waals surface area contributed by atoms with Crippen LogP contribution in [-0.2, 0) is 0 Å². The van der Waals surface area contributed by atoms with E-state index in [2.05, 4.69) is 15.0 Å². The van der Waals surface area contributed by atoms with Gasteiger partial charge in [-0.05, 0) is 18.6 Å². The second kappa shape index (κ2) is 4.14. The zero-order chi connectivity index (χ0) is 11.5. The molecule has 0 aliphatic rings. The second-order valence-electron chi connectivity index (χ2n) is 3.30. The highest BCUT2D eigenvalue weighted by atomic mass is 19.1. The number of nitrogens with zero attached hydrogens (tertiary/aromatic N) is 3. The lowest BCUT2D eigenvalue weighted by atomic mass is 10.2. The highest BCUT2D eigenvalue weighted by Gasteiger charge is 2.12. The molecule has 80 valence electrons. The quantitative estimate of drug-likeness (QED) is 0.716. The van der Waals surface area contributed by atoms with Crippen molar-refractivity contribution >= 4 is 5.78 Å². The number of ketones is 1. The van der Waals surface area contributed by atoms with Crippen LogP contribution in [0.15, 0.2) is 30.9 Å². The number of hydrogen-bond donors (Lipinski definition) is 0. The third-order valence-corrected chi connectivity index (χ3v) is 1.95. The van der Waals surface area contributed by atoms with Crippen molar-refractivity contribution in [1.29, 1.82) is 0 Å². The first-order valence-electron chi connectivity index (χ1n) is 4.61. The smallest absolute Gasteiger partial charge is 0.231 e. The molecule has 2 aromatic heterocycles. The summed E-state index contributed by atoms with van der Waals surface area (Å²) in [6.07, 6.45) is 5.39. The van der Waals surface area contributed by atoms with Crippen LogP contribution in [0.1, 0.15) is 21.7 Å². The van der Waals surface area contributed by atoms with Gasteiger partial charge in [-0.2, -0.15) is 0 Å². The SMILES string of the molecule is Cc1cnc(C(=O)c2cncc(F)c2)nc1. The van der Waals surface area contributed by atoms with E-state index in [9.17, 15) is 9.18 Å². The highest BCUT2D eigenvalue weighted by molar-refractivity contribution is 6.06. The van der Waals surface area contributed by atoms with Gasteiger partial charge in [0, 0.05) is 24.2 Å². The molecule has 0 atom stereocenters. The molecule has 2 heterocycles. The normalized spacial score (nSPS) is 10.1. The number of halogens is 1. The molecule has 0 amide bonds. The van der Waals surface area contributed by atoms with Crippen LogP contribution in [0, 0.1) is 12.7 Å². The van der Waals surface area contributed by atoms with Crippen molar-refractivity contribution in [3.05, 3.63) is 53.6 Å². The molecule has 0 saturated heterocycles. The van der Waals surface area contributed by atoms with Crippen molar-refractivity contribution in [2.75, 3.05) is 0 Å². The number of rotatable bonds is 2. The summed E-state index contributed by atoms with van der Waals surface area (Å²) >= 11 is 0. The Labute approximate surface area is 91.2 Å². The maximum atomic E-state index is 12.9. The van der Waals surface area contributed by atoms with Gasteiger partial charge in [0.2, 0.25) is 11.6 Å². The van der Waals surface area contributed by atoms with E-state index in [1.165, 1.54) is 18.6 Å². The zero-order valence-electron chi connectivity index (χ0n) is 8.51. The summed E-state index contributed by atoms with van der Waals surface area (Å²) in [4.78, 5) is 23.1. The molecule has 0 spiro atoms. The van der Waals surface area contributed by atoms with Crippen LogP contribution in [0.2, 0.25) is 0 Å². The summed E-state index contributed by atoms with van der Waals surface area (Å²) in [7, 11) is 0. The molecule has 0 aliphatic heterocycles. The molecule has 2 rings (SSSR count). The van der Waals surface area contributed by atoms with Crippen LogP contribution >= 0.6 is 0 Å². The fourth-order valence-corrected chi connectivity index (χ4v) is 1.17. The molecule has 0 aromatic carbocycles. The summed E-state index contributed by atoms with van der Waals surface area (Å²) < 4.78 is 12.9. The predicted molar refractivity (Wildman–Crippen MR) is 54.4 cm³/mol. The monoisotopic (exact) mass is 217 g/mol. The first kappa shape index (κ1) is 10.4. The van der Waals surface area contributed by atoms with Gasteiger partial charge >= 0.3 is 0 Å². The van der Waals surface area contributed by atoms with E-state index in [1.807, 2.05) is 6.92 Å². The molecular weight excluding hydrogens is 209 g/mol. The maximum absolute atomic E-state index is 12.9. The topological polar surface area (TPSA) is 55.7 Å². The van der Waals surface area contributed by atoms with E-state index in [-0.39, 0.29) is 11.4 Å². The van der Waals surface area contributed by atoms with E-state index in [4.69, 9.17) is 0 Å². The van der Waals surface area contributed by atoms with E-state index < -0.39 is 11.6 Å². The lowest BCUT2D eigenvalue weighted by Crippen LogP contribution is -2.07. The standard InChI is InChI=1S/C11H8FN3O/c1-7-3-14-11(15-4-7)10(16)8-2-9(12)6-13-5-8/h2-6H,1H3. The third-order valence-electron chi connectivity index (χ3n) is 1.95. The van der Waals surface area contributed by atoms with Crippen LogP contribution in [0.4, 0.5) is 4.39 Å². The zero-order valence-corrected chi connectivity index (χ0v) is 8.51. The van der Waals surface area contributed by atoms with Crippen molar-refractivity contribution in [2.45, 2.75) is 6.92 Å². The van der Waals surface area contributed by atoms with E-state index in [1.54, 1.807) is 0 Å². The fraction of sp³-hybridized carbons (Fsp3) is 0.0909. The minimum absolute atomic E-state index is 0.0398. The van der Waals surface area contributed by atoms with Crippen molar-refractivity contribution in [3.63, 3.8) is 0 Å². The Morgan fingerprint density at radius 2 is 1.88 bits per heavy atom. The Morgan fingerprint density at radius 3 is 2.50 bits per heavy atom. The first-order valence-corrected chi connectivity index (χ1v) is 4.61. The van der Waals surface area contributed by atoms with Gasteiger partial charge < -0.3 is 0 Å². The van der Waals surface area contributed by atoms with Crippen LogP contribution in [-0.4, -0.2) is 20.7 Å². The lowest BCUT2D eigenvalue weighted by molar-refractivity contribution is 0.102. The van der Waals surface area contributed by atoms with Gasteiger partial charge in [0.1, 0.15) is 5.82 Å². The Kier molecular flexibility index (Phi) is 2.68. The number of hydrogen-bond acceptors (Lipinski definition) is 4. The summed E-state index contributed by atoms with van der Waals surface area (Å²) in [6, 6.07) is 1.11. The third kappa shape index (κ3) is 2.08. The minimum Gasteiger partial charge on any atom is -0.285 e. The van der Waals surface area contributed by atoms with E-state index >= 15 is 0 Å². The number of aryl methyl sites for hydroxylation is 1. The van der Waals surface area contributed by atoms with Crippen LogP contribution in [0.25, 0.3) is 0 Å². The second-order valence-corrected chi connectivity index (χ2v) is 3.30. The van der Waals surface area contributed by atoms with Gasteiger partial charge in [-0.3, -0.25) is 9.78 Å². The molecule has 0 unspecified atom stereocenters. The van der Waals surface area contributed by atoms with Crippen molar-refractivity contribution in [3.8, 4) is 0 Å². The highest BCUT2D eigenvalue weighted by Crippen LogP contribution is 2.06. The largest absolute Gasteiger partial charge is 0.285 e. The maximum Gasteiger partial charge on any atom is 0.231 e. The molecular formula is C11H8FN3O. The molecule has 4 nitrogen and oxygen atoms in total. The molecule has 0 radical (unpaired) electrons. The van der Waals surface area contributed by atoms with Gasteiger partial charge in [-0.25, -0.2) is 14.4 Å². The first-order chi connectivity index (χ1) is 7.66. The molecule has 0 aliphatic carbocycles.